The summed E-state index contributed by atoms with van der Waals surface area (Å²) in [6.45, 7) is 2.06. The molecule has 1 heterocycles. The minimum Gasteiger partial charge on any atom is -0.497 e. The summed E-state index contributed by atoms with van der Waals surface area (Å²) >= 11 is 1.91. The molecule has 3 rings (SSSR count). The van der Waals surface area contributed by atoms with Gasteiger partial charge < -0.3 is 15.4 Å². The van der Waals surface area contributed by atoms with E-state index in [0.29, 0.717) is 12.5 Å². The van der Waals surface area contributed by atoms with Crippen LogP contribution in [0.25, 0.3) is 0 Å². The molecule has 2 N–H and O–H groups in total. The maximum absolute atomic E-state index is 12.3. The molecule has 0 bridgehead atoms. The molecule has 0 fully saturated rings. The lowest BCUT2D eigenvalue weighted by Crippen LogP contribution is -2.35. The Bertz CT molecular complexity index is 735. The smallest absolute Gasteiger partial charge is 0.225 e. The van der Waals surface area contributed by atoms with Gasteiger partial charge in [-0.05, 0) is 42.9 Å². The maximum atomic E-state index is 12.3. The summed E-state index contributed by atoms with van der Waals surface area (Å²) < 4.78 is 5.19. The van der Waals surface area contributed by atoms with Crippen LogP contribution in [-0.4, -0.2) is 24.8 Å². The number of hydrogen-bond donors (Lipinski definition) is 2. The predicted octanol–water partition coefficient (Wildman–Crippen LogP) is 4.24. The first kappa shape index (κ1) is 17.8. The van der Waals surface area contributed by atoms with Crippen molar-refractivity contribution in [3.63, 3.8) is 0 Å². The molecule has 0 unspecified atom stereocenters. The molecule has 2 aromatic rings. The number of carbonyl (C=O) groups is 1. The van der Waals surface area contributed by atoms with Gasteiger partial charge in [0.15, 0.2) is 0 Å². The van der Waals surface area contributed by atoms with Crippen LogP contribution in [0.4, 0.5) is 5.69 Å². The molecule has 25 heavy (non-hydrogen) atoms. The summed E-state index contributed by atoms with van der Waals surface area (Å²) in [7, 11) is 1.62. The van der Waals surface area contributed by atoms with Crippen molar-refractivity contribution < 1.29 is 9.53 Å². The number of methoxy groups -OCH3 is 1. The Morgan fingerprint density at radius 2 is 2.12 bits per heavy atom. The van der Waals surface area contributed by atoms with E-state index in [9.17, 15) is 4.79 Å². The highest BCUT2D eigenvalue weighted by molar-refractivity contribution is 7.99. The normalized spacial score (nSPS) is 17.4. The first-order valence-electron chi connectivity index (χ1n) is 8.57. The summed E-state index contributed by atoms with van der Waals surface area (Å²) in [5.41, 5.74) is 2.11. The van der Waals surface area contributed by atoms with Crippen LogP contribution in [0.1, 0.15) is 31.4 Å². The molecule has 4 nitrogen and oxygen atoms in total. The number of rotatable bonds is 6. The molecule has 2 atom stereocenters. The van der Waals surface area contributed by atoms with Crippen molar-refractivity contribution in [1.29, 1.82) is 0 Å². The van der Waals surface area contributed by atoms with Crippen LogP contribution in [0, 0.1) is 0 Å². The first-order valence-corrected chi connectivity index (χ1v) is 9.56. The Morgan fingerprint density at radius 1 is 1.28 bits per heavy atom. The topological polar surface area (TPSA) is 50.4 Å². The van der Waals surface area contributed by atoms with Crippen LogP contribution in [0.15, 0.2) is 53.4 Å². The van der Waals surface area contributed by atoms with Crippen LogP contribution >= 0.6 is 11.8 Å². The standard InChI is InChI=1S/C20H24N2O2S/c1-14(12-20(23)22-15-6-5-7-16(13-15)24-2)21-18-10-11-25-19-9-4-3-8-17(18)19/h3-9,13-14,18,21H,10-12H2,1-2H3,(H,22,23)/t14-,18+/m1/s1. The van der Waals surface area contributed by atoms with Crippen molar-refractivity contribution in [3.05, 3.63) is 54.1 Å². The Hall–Kier alpha value is -1.98. The molecule has 0 aromatic heterocycles. The molecule has 0 aliphatic carbocycles. The Morgan fingerprint density at radius 3 is 2.96 bits per heavy atom. The third-order valence-corrected chi connectivity index (χ3v) is 5.41. The lowest BCUT2D eigenvalue weighted by Gasteiger charge is -2.28. The average molecular weight is 356 g/mol. The van der Waals surface area contributed by atoms with Gasteiger partial charge in [-0.3, -0.25) is 4.79 Å². The summed E-state index contributed by atoms with van der Waals surface area (Å²) in [6.07, 6.45) is 1.52. The van der Waals surface area contributed by atoms with Gasteiger partial charge in [-0.25, -0.2) is 0 Å². The summed E-state index contributed by atoms with van der Waals surface area (Å²) in [4.78, 5) is 13.7. The molecule has 1 aliphatic heterocycles. The molecule has 5 heteroatoms. The Balaban J connectivity index is 1.56. The number of carbonyl (C=O) groups excluding carboxylic acids is 1. The summed E-state index contributed by atoms with van der Waals surface area (Å²) in [5, 5.41) is 6.56. The number of hydrogen-bond acceptors (Lipinski definition) is 4. The summed E-state index contributed by atoms with van der Waals surface area (Å²) in [5.74, 6) is 1.85. The number of thioether (sulfide) groups is 1. The lowest BCUT2D eigenvalue weighted by atomic mass is 10.0. The van der Waals surface area contributed by atoms with Gasteiger partial charge in [0.25, 0.3) is 0 Å². The number of benzene rings is 2. The minimum absolute atomic E-state index is 0.00622. The van der Waals surface area contributed by atoms with E-state index >= 15 is 0 Å². The first-order chi connectivity index (χ1) is 12.2. The van der Waals surface area contributed by atoms with Crippen molar-refractivity contribution in [1.82, 2.24) is 5.32 Å². The number of ether oxygens (including phenoxy) is 1. The molecule has 132 valence electrons. The van der Waals surface area contributed by atoms with Crippen molar-refractivity contribution in [2.45, 2.75) is 36.7 Å². The van der Waals surface area contributed by atoms with Crippen LogP contribution in [0.3, 0.4) is 0 Å². The SMILES string of the molecule is COc1cccc(NC(=O)C[C@@H](C)N[C@H]2CCSc3ccccc32)c1. The second-order valence-electron chi connectivity index (χ2n) is 6.28. The van der Waals surface area contributed by atoms with Crippen molar-refractivity contribution >= 4 is 23.4 Å². The molecule has 0 saturated heterocycles. The second-order valence-corrected chi connectivity index (χ2v) is 7.42. The lowest BCUT2D eigenvalue weighted by molar-refractivity contribution is -0.116. The fraction of sp³-hybridized carbons (Fsp3) is 0.350. The Kier molecular flexibility index (Phi) is 6.00. The van der Waals surface area contributed by atoms with Crippen molar-refractivity contribution in [3.8, 4) is 5.75 Å². The molecular formula is C20H24N2O2S. The van der Waals surface area contributed by atoms with E-state index in [1.165, 1.54) is 10.5 Å². The van der Waals surface area contributed by atoms with Crippen LogP contribution < -0.4 is 15.4 Å². The van der Waals surface area contributed by atoms with Gasteiger partial charge in [0.05, 0.1) is 7.11 Å². The highest BCUT2D eigenvalue weighted by Crippen LogP contribution is 2.36. The van der Waals surface area contributed by atoms with Crippen LogP contribution in [0.5, 0.6) is 5.75 Å². The molecular weight excluding hydrogens is 332 g/mol. The number of anilines is 1. The zero-order valence-corrected chi connectivity index (χ0v) is 15.4. The second kappa shape index (κ2) is 8.41. The van der Waals surface area contributed by atoms with Crippen LogP contribution in [0.2, 0.25) is 0 Å². The van der Waals surface area contributed by atoms with Gasteiger partial charge in [0.2, 0.25) is 5.91 Å². The van der Waals surface area contributed by atoms with Crippen molar-refractivity contribution in [2.75, 3.05) is 18.2 Å². The molecule has 0 spiro atoms. The summed E-state index contributed by atoms with van der Waals surface area (Å²) in [6, 6.07) is 16.4. The van der Waals surface area contributed by atoms with Gasteiger partial charge in [-0.15, -0.1) is 11.8 Å². The molecule has 0 radical (unpaired) electrons. The van der Waals surface area contributed by atoms with Gasteiger partial charge >= 0.3 is 0 Å². The van der Waals surface area contributed by atoms with E-state index in [1.807, 2.05) is 36.0 Å². The van der Waals surface area contributed by atoms with Crippen LogP contribution in [-0.2, 0) is 4.79 Å². The highest BCUT2D eigenvalue weighted by Gasteiger charge is 2.22. The predicted molar refractivity (Wildman–Crippen MR) is 103 cm³/mol. The molecule has 0 saturated carbocycles. The highest BCUT2D eigenvalue weighted by atomic mass is 32.2. The third-order valence-electron chi connectivity index (χ3n) is 4.29. The fourth-order valence-electron chi connectivity index (χ4n) is 3.11. The molecule has 1 aliphatic rings. The van der Waals surface area contributed by atoms with E-state index in [1.54, 1.807) is 7.11 Å². The average Bonchev–Trinajstić information content (AvgIpc) is 2.62. The van der Waals surface area contributed by atoms with E-state index in [-0.39, 0.29) is 11.9 Å². The zero-order chi connectivity index (χ0) is 17.6. The number of nitrogens with one attached hydrogen (secondary N) is 2. The third kappa shape index (κ3) is 4.77. The van der Waals surface area contributed by atoms with E-state index < -0.39 is 0 Å². The number of fused-ring (bicyclic) bond motifs is 1. The monoisotopic (exact) mass is 356 g/mol. The van der Waals surface area contributed by atoms with E-state index in [0.717, 1.165) is 23.6 Å². The van der Waals surface area contributed by atoms with Gasteiger partial charge in [-0.2, -0.15) is 0 Å². The van der Waals surface area contributed by atoms with Gasteiger partial charge in [0.1, 0.15) is 5.75 Å². The zero-order valence-electron chi connectivity index (χ0n) is 14.6. The quantitative estimate of drug-likeness (QED) is 0.813. The number of amides is 1. The molecule has 1 amide bonds. The largest absolute Gasteiger partial charge is 0.497 e. The molecule has 2 aromatic carbocycles. The fourth-order valence-corrected chi connectivity index (χ4v) is 4.23. The van der Waals surface area contributed by atoms with Crippen molar-refractivity contribution in [2.24, 2.45) is 0 Å². The van der Waals surface area contributed by atoms with Gasteiger partial charge in [-0.1, -0.05) is 24.3 Å². The van der Waals surface area contributed by atoms with E-state index in [4.69, 9.17) is 4.74 Å². The Labute approximate surface area is 153 Å². The maximum Gasteiger partial charge on any atom is 0.225 e. The minimum atomic E-state index is 0.00622. The van der Waals surface area contributed by atoms with E-state index in [2.05, 4.69) is 41.8 Å². The van der Waals surface area contributed by atoms with Gasteiger partial charge in [0, 0.05) is 35.2 Å².